The van der Waals surface area contributed by atoms with Crippen LogP contribution in [0.4, 0.5) is 0 Å². The van der Waals surface area contributed by atoms with E-state index >= 15 is 0 Å². The van der Waals surface area contributed by atoms with Crippen LogP contribution in [0.3, 0.4) is 0 Å². The molecule has 1 rings (SSSR count). The number of hydrogen-bond donors (Lipinski definition) is 1. The van der Waals surface area contributed by atoms with Crippen molar-refractivity contribution in [2.45, 2.75) is 44.1 Å². The lowest BCUT2D eigenvalue weighted by atomic mass is 9.95. The fraction of sp³-hybridized carbons (Fsp3) is 0.917. The van der Waals surface area contributed by atoms with Crippen molar-refractivity contribution in [2.24, 2.45) is 0 Å². The molecule has 0 radical (unpaired) electrons. The van der Waals surface area contributed by atoms with Crippen molar-refractivity contribution in [3.63, 3.8) is 0 Å². The van der Waals surface area contributed by atoms with Crippen LogP contribution in [0.1, 0.15) is 38.5 Å². The zero-order chi connectivity index (χ0) is 12.0. The van der Waals surface area contributed by atoms with E-state index in [4.69, 9.17) is 4.74 Å². The molecule has 0 amide bonds. The number of carbonyl (C=O) groups is 1. The van der Waals surface area contributed by atoms with Gasteiger partial charge in [0.05, 0.1) is 0 Å². The van der Waals surface area contributed by atoms with Crippen molar-refractivity contribution in [2.75, 3.05) is 27.2 Å². The second-order valence-electron chi connectivity index (χ2n) is 4.88. The van der Waals surface area contributed by atoms with Crippen LogP contribution in [0.5, 0.6) is 0 Å². The summed E-state index contributed by atoms with van der Waals surface area (Å²) in [6.07, 6.45) is 5.14. The summed E-state index contributed by atoms with van der Waals surface area (Å²) in [5, 5.41) is 10.2. The summed E-state index contributed by atoms with van der Waals surface area (Å²) in [5.41, 5.74) is -1.22. The van der Waals surface area contributed by atoms with Gasteiger partial charge >= 0.3 is 5.97 Å². The molecule has 0 aromatic heterocycles. The minimum Gasteiger partial charge on any atom is -0.462 e. The van der Waals surface area contributed by atoms with Crippen LogP contribution in [-0.4, -0.2) is 48.8 Å². The van der Waals surface area contributed by atoms with E-state index < -0.39 is 11.6 Å². The van der Waals surface area contributed by atoms with E-state index in [1.807, 2.05) is 19.0 Å². The minimum absolute atomic E-state index is 0. The van der Waals surface area contributed by atoms with Crippen molar-refractivity contribution >= 4 is 18.4 Å². The van der Waals surface area contributed by atoms with E-state index in [0.717, 1.165) is 25.7 Å². The van der Waals surface area contributed by atoms with Gasteiger partial charge < -0.3 is 14.7 Å². The number of esters is 1. The zero-order valence-electron chi connectivity index (χ0n) is 10.8. The lowest BCUT2D eigenvalue weighted by molar-refractivity contribution is -0.167. The van der Waals surface area contributed by atoms with Gasteiger partial charge in [-0.15, -0.1) is 12.4 Å². The molecule has 1 saturated carbocycles. The van der Waals surface area contributed by atoms with E-state index in [2.05, 4.69) is 0 Å². The normalized spacial score (nSPS) is 19.3. The van der Waals surface area contributed by atoms with Crippen molar-refractivity contribution in [3.8, 4) is 0 Å². The fourth-order valence-electron chi connectivity index (χ4n) is 1.97. The molecule has 0 atom stereocenters. The summed E-state index contributed by atoms with van der Waals surface area (Å²) in [4.78, 5) is 13.7. The van der Waals surface area contributed by atoms with Gasteiger partial charge in [-0.3, -0.25) is 0 Å². The first-order valence-corrected chi connectivity index (χ1v) is 6.09. The topological polar surface area (TPSA) is 49.8 Å². The molecule has 102 valence electrons. The van der Waals surface area contributed by atoms with Crippen LogP contribution in [-0.2, 0) is 9.53 Å². The maximum atomic E-state index is 11.8. The van der Waals surface area contributed by atoms with Gasteiger partial charge in [-0.2, -0.15) is 0 Å². The molecule has 0 bridgehead atoms. The molecule has 0 saturated heterocycles. The number of likely N-dealkylation sites (N-methyl/N-ethyl adjacent to an activating group) is 1. The van der Waals surface area contributed by atoms with Crippen LogP contribution in [0, 0.1) is 0 Å². The lowest BCUT2D eigenvalue weighted by Gasteiger charge is -2.24. The number of carbonyl (C=O) groups excluding carboxylic acids is 1. The number of rotatable bonds is 4. The van der Waals surface area contributed by atoms with Gasteiger partial charge in [0, 0.05) is 6.54 Å². The molecule has 5 heteroatoms. The Morgan fingerprint density at radius 3 is 2.24 bits per heavy atom. The number of aliphatic hydroxyl groups is 1. The SMILES string of the molecule is CN(C)CCOC(=O)C1(O)CCCCCC1.Cl. The van der Waals surface area contributed by atoms with E-state index in [1.165, 1.54) is 0 Å². The third kappa shape index (κ3) is 5.70. The molecular weight excluding hydrogens is 242 g/mol. The van der Waals surface area contributed by atoms with Gasteiger partial charge in [-0.25, -0.2) is 4.79 Å². The Morgan fingerprint density at radius 2 is 1.76 bits per heavy atom. The average Bonchev–Trinajstić information content (AvgIpc) is 2.43. The summed E-state index contributed by atoms with van der Waals surface area (Å²) in [7, 11) is 3.85. The summed E-state index contributed by atoms with van der Waals surface area (Å²) in [6.45, 7) is 1.05. The highest BCUT2D eigenvalue weighted by atomic mass is 35.5. The van der Waals surface area contributed by atoms with E-state index in [0.29, 0.717) is 26.0 Å². The molecule has 1 fully saturated rings. The van der Waals surface area contributed by atoms with Gasteiger partial charge in [0.2, 0.25) is 0 Å². The number of ether oxygens (including phenoxy) is 1. The van der Waals surface area contributed by atoms with Gasteiger partial charge in [0.1, 0.15) is 6.61 Å². The number of halogens is 1. The molecular formula is C12H24ClNO3. The predicted molar refractivity (Wildman–Crippen MR) is 69.4 cm³/mol. The van der Waals surface area contributed by atoms with Gasteiger partial charge in [0.25, 0.3) is 0 Å². The molecule has 1 aliphatic rings. The Hall–Kier alpha value is -0.320. The summed E-state index contributed by atoms with van der Waals surface area (Å²) in [5.74, 6) is -0.434. The average molecular weight is 266 g/mol. The van der Waals surface area contributed by atoms with E-state index in [9.17, 15) is 9.90 Å². The highest BCUT2D eigenvalue weighted by molar-refractivity contribution is 5.85. The number of hydrogen-bond acceptors (Lipinski definition) is 4. The molecule has 0 aromatic carbocycles. The van der Waals surface area contributed by atoms with E-state index in [-0.39, 0.29) is 12.4 Å². The molecule has 4 nitrogen and oxygen atoms in total. The first-order chi connectivity index (χ1) is 7.54. The van der Waals surface area contributed by atoms with Gasteiger partial charge in [0.15, 0.2) is 5.60 Å². The Labute approximate surface area is 110 Å². The third-order valence-corrected chi connectivity index (χ3v) is 3.08. The quantitative estimate of drug-likeness (QED) is 0.620. The van der Waals surface area contributed by atoms with E-state index in [1.54, 1.807) is 0 Å². The second-order valence-corrected chi connectivity index (χ2v) is 4.88. The maximum absolute atomic E-state index is 11.8. The van der Waals surface area contributed by atoms with Crippen molar-refractivity contribution in [1.82, 2.24) is 4.90 Å². The maximum Gasteiger partial charge on any atom is 0.338 e. The highest BCUT2D eigenvalue weighted by Gasteiger charge is 2.37. The molecule has 0 aromatic rings. The van der Waals surface area contributed by atoms with Gasteiger partial charge in [-0.05, 0) is 39.8 Å². The van der Waals surface area contributed by atoms with Crippen LogP contribution in [0.2, 0.25) is 0 Å². The Morgan fingerprint density at radius 1 is 1.24 bits per heavy atom. The first-order valence-electron chi connectivity index (χ1n) is 6.09. The lowest BCUT2D eigenvalue weighted by Crippen LogP contribution is -2.40. The largest absolute Gasteiger partial charge is 0.462 e. The van der Waals surface area contributed by atoms with Crippen molar-refractivity contribution in [3.05, 3.63) is 0 Å². The first kappa shape index (κ1) is 16.7. The van der Waals surface area contributed by atoms with Gasteiger partial charge in [-0.1, -0.05) is 12.8 Å². The predicted octanol–water partition coefficient (Wildman–Crippen LogP) is 1.60. The van der Waals surface area contributed by atoms with Crippen molar-refractivity contribution < 1.29 is 14.6 Å². The molecule has 0 aliphatic heterocycles. The highest BCUT2D eigenvalue weighted by Crippen LogP contribution is 2.28. The van der Waals surface area contributed by atoms with Crippen LogP contribution < -0.4 is 0 Å². The summed E-state index contributed by atoms with van der Waals surface area (Å²) in [6, 6.07) is 0. The molecule has 17 heavy (non-hydrogen) atoms. The molecule has 0 unspecified atom stereocenters. The molecule has 1 N–H and O–H groups in total. The van der Waals surface area contributed by atoms with Crippen LogP contribution >= 0.6 is 12.4 Å². The number of nitrogens with zero attached hydrogens (tertiary/aromatic N) is 1. The Bertz CT molecular complexity index is 226. The minimum atomic E-state index is -1.22. The monoisotopic (exact) mass is 265 g/mol. The summed E-state index contributed by atoms with van der Waals surface area (Å²) < 4.78 is 5.12. The fourth-order valence-corrected chi connectivity index (χ4v) is 1.97. The second kappa shape index (κ2) is 7.90. The molecule has 0 heterocycles. The standard InChI is InChI=1S/C12H23NO3.ClH/c1-13(2)9-10-16-11(14)12(15)7-5-3-4-6-8-12;/h15H,3-10H2,1-2H3;1H. The third-order valence-electron chi connectivity index (χ3n) is 3.08. The van der Waals surface area contributed by atoms with Crippen molar-refractivity contribution in [1.29, 1.82) is 0 Å². The van der Waals surface area contributed by atoms with Crippen LogP contribution in [0.25, 0.3) is 0 Å². The van der Waals surface area contributed by atoms with Crippen LogP contribution in [0.15, 0.2) is 0 Å². The Kier molecular flexibility index (Phi) is 7.75. The Balaban J connectivity index is 0.00000256. The smallest absolute Gasteiger partial charge is 0.338 e. The molecule has 0 spiro atoms. The zero-order valence-corrected chi connectivity index (χ0v) is 11.6. The summed E-state index contributed by atoms with van der Waals surface area (Å²) >= 11 is 0. The molecule has 1 aliphatic carbocycles.